The van der Waals surface area contributed by atoms with Crippen LogP contribution in [0.3, 0.4) is 0 Å². The van der Waals surface area contributed by atoms with Crippen LogP contribution in [0.1, 0.15) is 19.4 Å². The van der Waals surface area contributed by atoms with E-state index in [0.29, 0.717) is 5.75 Å². The van der Waals surface area contributed by atoms with Crippen LogP contribution in [0, 0.1) is 0 Å². The first-order valence-electron chi connectivity index (χ1n) is 4.61. The van der Waals surface area contributed by atoms with Gasteiger partial charge < -0.3 is 14.6 Å². The Morgan fingerprint density at radius 3 is 2.57 bits per heavy atom. The van der Waals surface area contributed by atoms with Crippen LogP contribution in [0.2, 0.25) is 0 Å². The van der Waals surface area contributed by atoms with E-state index in [1.165, 1.54) is 0 Å². The molecule has 1 aromatic carbocycles. The topological polar surface area (TPSA) is 38.7 Å². The van der Waals surface area contributed by atoms with E-state index in [0.717, 1.165) is 11.3 Å². The first-order chi connectivity index (χ1) is 6.67. The lowest BCUT2D eigenvalue weighted by molar-refractivity contribution is 0.225. The highest BCUT2D eigenvalue weighted by atomic mass is 16.5. The van der Waals surface area contributed by atoms with Gasteiger partial charge in [0.15, 0.2) is 0 Å². The quantitative estimate of drug-likeness (QED) is 0.800. The highest BCUT2D eigenvalue weighted by molar-refractivity contribution is 5.39. The van der Waals surface area contributed by atoms with E-state index in [4.69, 9.17) is 14.6 Å². The lowest BCUT2D eigenvalue weighted by Crippen LogP contribution is -2.07. The molecule has 0 aromatic heterocycles. The molecule has 0 saturated carbocycles. The molecule has 0 aliphatic heterocycles. The number of ether oxygens (including phenoxy) is 2. The number of aliphatic hydroxyl groups is 1. The SMILES string of the molecule is COc1ccc(OC(C)C)c(CO)c1. The van der Waals surface area contributed by atoms with Crippen molar-refractivity contribution in [2.75, 3.05) is 7.11 Å². The molecule has 0 fully saturated rings. The summed E-state index contributed by atoms with van der Waals surface area (Å²) in [6.45, 7) is 3.86. The lowest BCUT2D eigenvalue weighted by atomic mass is 10.2. The predicted molar refractivity (Wildman–Crippen MR) is 54.7 cm³/mol. The van der Waals surface area contributed by atoms with Crippen LogP contribution in [-0.2, 0) is 6.61 Å². The fourth-order valence-electron chi connectivity index (χ4n) is 1.18. The molecule has 0 bridgehead atoms. The first-order valence-corrected chi connectivity index (χ1v) is 4.61. The second-order valence-corrected chi connectivity index (χ2v) is 3.30. The summed E-state index contributed by atoms with van der Waals surface area (Å²) in [5.41, 5.74) is 0.748. The molecule has 0 aliphatic carbocycles. The number of aliphatic hydroxyl groups excluding tert-OH is 1. The molecule has 14 heavy (non-hydrogen) atoms. The summed E-state index contributed by atoms with van der Waals surface area (Å²) in [6, 6.07) is 5.40. The van der Waals surface area contributed by atoms with E-state index in [2.05, 4.69) is 0 Å². The Hall–Kier alpha value is -1.22. The Morgan fingerprint density at radius 1 is 1.36 bits per heavy atom. The summed E-state index contributed by atoms with van der Waals surface area (Å²) in [5.74, 6) is 1.44. The zero-order valence-corrected chi connectivity index (χ0v) is 8.78. The molecule has 0 heterocycles. The van der Waals surface area contributed by atoms with Gasteiger partial charge in [-0.05, 0) is 32.0 Å². The van der Waals surface area contributed by atoms with E-state index in [9.17, 15) is 0 Å². The number of benzene rings is 1. The molecule has 1 rings (SSSR count). The average Bonchev–Trinajstić information content (AvgIpc) is 2.17. The normalized spacial score (nSPS) is 10.4. The number of hydrogen-bond donors (Lipinski definition) is 1. The summed E-state index contributed by atoms with van der Waals surface area (Å²) >= 11 is 0. The third-order valence-corrected chi connectivity index (χ3v) is 1.80. The van der Waals surface area contributed by atoms with Crippen LogP contribution in [-0.4, -0.2) is 18.3 Å². The Bertz CT molecular complexity index is 295. The van der Waals surface area contributed by atoms with Gasteiger partial charge in [-0.2, -0.15) is 0 Å². The first kappa shape index (κ1) is 10.9. The Morgan fingerprint density at radius 2 is 2.07 bits per heavy atom. The molecule has 3 heteroatoms. The molecule has 0 amide bonds. The fraction of sp³-hybridized carbons (Fsp3) is 0.455. The molecule has 0 radical (unpaired) electrons. The highest BCUT2D eigenvalue weighted by Crippen LogP contribution is 2.24. The van der Waals surface area contributed by atoms with Gasteiger partial charge in [-0.15, -0.1) is 0 Å². The van der Waals surface area contributed by atoms with Gasteiger partial charge in [0.1, 0.15) is 11.5 Å². The van der Waals surface area contributed by atoms with Crippen LogP contribution in [0.15, 0.2) is 18.2 Å². The van der Waals surface area contributed by atoms with Gasteiger partial charge in [0.05, 0.1) is 19.8 Å². The van der Waals surface area contributed by atoms with Gasteiger partial charge in [0, 0.05) is 5.56 Å². The van der Waals surface area contributed by atoms with Crippen LogP contribution >= 0.6 is 0 Å². The Kier molecular flexibility index (Phi) is 3.77. The predicted octanol–water partition coefficient (Wildman–Crippen LogP) is 1.97. The van der Waals surface area contributed by atoms with Crippen molar-refractivity contribution in [2.24, 2.45) is 0 Å². The van der Waals surface area contributed by atoms with E-state index < -0.39 is 0 Å². The maximum absolute atomic E-state index is 9.12. The van der Waals surface area contributed by atoms with Gasteiger partial charge in [-0.25, -0.2) is 0 Å². The molecule has 0 saturated heterocycles. The van der Waals surface area contributed by atoms with Crippen LogP contribution in [0.25, 0.3) is 0 Å². The zero-order valence-electron chi connectivity index (χ0n) is 8.78. The van der Waals surface area contributed by atoms with Crippen LogP contribution < -0.4 is 9.47 Å². The van der Waals surface area contributed by atoms with Crippen molar-refractivity contribution in [1.29, 1.82) is 0 Å². The third kappa shape index (κ3) is 2.64. The van der Waals surface area contributed by atoms with E-state index in [1.807, 2.05) is 26.0 Å². The summed E-state index contributed by atoms with van der Waals surface area (Å²) in [6.07, 6.45) is 0.105. The molecular weight excluding hydrogens is 180 g/mol. The van der Waals surface area contributed by atoms with Gasteiger partial charge in [-0.1, -0.05) is 0 Å². The smallest absolute Gasteiger partial charge is 0.125 e. The van der Waals surface area contributed by atoms with Gasteiger partial charge in [0.2, 0.25) is 0 Å². The maximum atomic E-state index is 9.12. The van der Waals surface area contributed by atoms with Crippen molar-refractivity contribution >= 4 is 0 Å². The van der Waals surface area contributed by atoms with Gasteiger partial charge in [0.25, 0.3) is 0 Å². The molecule has 0 aliphatic rings. The zero-order chi connectivity index (χ0) is 10.6. The minimum Gasteiger partial charge on any atom is -0.497 e. The van der Waals surface area contributed by atoms with Crippen molar-refractivity contribution in [3.05, 3.63) is 23.8 Å². The lowest BCUT2D eigenvalue weighted by Gasteiger charge is -2.13. The van der Waals surface area contributed by atoms with Crippen molar-refractivity contribution in [3.63, 3.8) is 0 Å². The molecule has 0 atom stereocenters. The van der Waals surface area contributed by atoms with E-state index in [1.54, 1.807) is 13.2 Å². The minimum atomic E-state index is -0.0424. The summed E-state index contributed by atoms with van der Waals surface area (Å²) in [5, 5.41) is 9.12. The van der Waals surface area contributed by atoms with E-state index in [-0.39, 0.29) is 12.7 Å². The molecular formula is C11H16O3. The summed E-state index contributed by atoms with van der Waals surface area (Å²) in [7, 11) is 1.60. The monoisotopic (exact) mass is 196 g/mol. The van der Waals surface area contributed by atoms with Crippen molar-refractivity contribution in [1.82, 2.24) is 0 Å². The maximum Gasteiger partial charge on any atom is 0.125 e. The van der Waals surface area contributed by atoms with Crippen molar-refractivity contribution in [3.8, 4) is 11.5 Å². The third-order valence-electron chi connectivity index (χ3n) is 1.80. The van der Waals surface area contributed by atoms with Crippen molar-refractivity contribution < 1.29 is 14.6 Å². The number of hydrogen-bond acceptors (Lipinski definition) is 3. The largest absolute Gasteiger partial charge is 0.497 e. The Balaban J connectivity index is 2.93. The van der Waals surface area contributed by atoms with E-state index >= 15 is 0 Å². The minimum absolute atomic E-state index is 0.0424. The van der Waals surface area contributed by atoms with Gasteiger partial charge in [-0.3, -0.25) is 0 Å². The average molecular weight is 196 g/mol. The second kappa shape index (κ2) is 4.86. The fourth-order valence-corrected chi connectivity index (χ4v) is 1.18. The second-order valence-electron chi connectivity index (χ2n) is 3.30. The highest BCUT2D eigenvalue weighted by Gasteiger charge is 2.06. The molecule has 3 nitrogen and oxygen atoms in total. The van der Waals surface area contributed by atoms with Crippen LogP contribution in [0.5, 0.6) is 11.5 Å². The van der Waals surface area contributed by atoms with Gasteiger partial charge >= 0.3 is 0 Å². The Labute approximate surface area is 84.3 Å². The van der Waals surface area contributed by atoms with Crippen LogP contribution in [0.4, 0.5) is 0 Å². The molecule has 78 valence electrons. The molecule has 1 N–H and O–H groups in total. The molecule has 0 unspecified atom stereocenters. The molecule has 1 aromatic rings. The number of methoxy groups -OCH3 is 1. The standard InChI is InChI=1S/C11H16O3/c1-8(2)14-11-5-4-10(13-3)6-9(11)7-12/h4-6,8,12H,7H2,1-3H3. The summed E-state index contributed by atoms with van der Waals surface area (Å²) in [4.78, 5) is 0. The molecule has 0 spiro atoms. The summed E-state index contributed by atoms with van der Waals surface area (Å²) < 4.78 is 10.6. The van der Waals surface area contributed by atoms with Crippen molar-refractivity contribution in [2.45, 2.75) is 26.6 Å². The number of rotatable bonds is 4.